The normalized spacial score (nSPS) is 10.4. The Morgan fingerprint density at radius 2 is 2.00 bits per heavy atom. The minimum absolute atomic E-state index is 0.274. The zero-order valence-corrected chi connectivity index (χ0v) is 11.8. The maximum absolute atomic E-state index is 10.9. The molecule has 18 heavy (non-hydrogen) atoms. The van der Waals surface area contributed by atoms with Crippen LogP contribution in [-0.4, -0.2) is 12.4 Å². The van der Waals surface area contributed by atoms with Crippen molar-refractivity contribution in [2.24, 2.45) is 0 Å². The lowest BCUT2D eigenvalue weighted by Crippen LogP contribution is -1.99. The maximum Gasteiger partial charge on any atom is 0.129 e. The summed E-state index contributed by atoms with van der Waals surface area (Å²) in [6, 6.07) is 6.32. The van der Waals surface area contributed by atoms with E-state index in [1.165, 1.54) is 11.1 Å². The van der Waals surface area contributed by atoms with Crippen LogP contribution in [0.2, 0.25) is 0 Å². The molecule has 0 aromatic heterocycles. The van der Waals surface area contributed by atoms with Crippen LogP contribution < -0.4 is 4.74 Å². The van der Waals surface area contributed by atoms with Crippen LogP contribution in [0.15, 0.2) is 18.2 Å². The molecule has 0 bridgehead atoms. The molecule has 0 aliphatic rings. The second-order valence-electron chi connectivity index (χ2n) is 4.69. The van der Waals surface area contributed by atoms with Crippen LogP contribution in [0.5, 0.6) is 5.75 Å². The van der Waals surface area contributed by atoms with Gasteiger partial charge in [-0.3, -0.25) is 0 Å². The molecule has 0 unspecified atom stereocenters. The summed E-state index contributed by atoms with van der Waals surface area (Å²) in [6.45, 7) is 6.69. The van der Waals surface area contributed by atoms with E-state index in [9.17, 15) is 4.79 Å². The average molecular weight is 248 g/mol. The molecule has 0 saturated heterocycles. The second-order valence-corrected chi connectivity index (χ2v) is 4.69. The third kappa shape index (κ3) is 4.91. The molecule has 2 nitrogen and oxygen atoms in total. The number of ether oxygens (including phenoxy) is 1. The van der Waals surface area contributed by atoms with Gasteiger partial charge in [0, 0.05) is 6.42 Å². The van der Waals surface area contributed by atoms with Crippen molar-refractivity contribution in [3.05, 3.63) is 29.3 Å². The van der Waals surface area contributed by atoms with E-state index in [-0.39, 0.29) is 5.78 Å². The molecule has 0 aliphatic heterocycles. The fourth-order valence-electron chi connectivity index (χ4n) is 2.01. The molecule has 0 heterocycles. The van der Waals surface area contributed by atoms with E-state index in [0.29, 0.717) is 6.42 Å². The van der Waals surface area contributed by atoms with Crippen molar-refractivity contribution >= 4 is 5.78 Å². The number of carbonyl (C=O) groups excluding carboxylic acids is 1. The molecule has 1 rings (SSSR count). The lowest BCUT2D eigenvalue weighted by atomic mass is 9.99. The van der Waals surface area contributed by atoms with E-state index in [0.717, 1.165) is 38.0 Å². The Kier molecular flexibility index (Phi) is 6.48. The van der Waals surface area contributed by atoms with Crippen LogP contribution >= 0.6 is 0 Å². The Morgan fingerprint density at radius 1 is 1.22 bits per heavy atom. The first-order valence-corrected chi connectivity index (χ1v) is 6.91. The van der Waals surface area contributed by atoms with Crippen LogP contribution in [-0.2, 0) is 17.6 Å². The molecular weight excluding hydrogens is 224 g/mol. The fraction of sp³-hybridized carbons (Fsp3) is 0.562. The van der Waals surface area contributed by atoms with Gasteiger partial charge in [0.25, 0.3) is 0 Å². The first-order chi connectivity index (χ1) is 8.67. The van der Waals surface area contributed by atoms with Gasteiger partial charge in [-0.15, -0.1) is 0 Å². The molecule has 0 radical (unpaired) electrons. The summed E-state index contributed by atoms with van der Waals surface area (Å²) >= 11 is 0. The molecule has 1 aromatic carbocycles. The lowest BCUT2D eigenvalue weighted by Gasteiger charge is -2.11. The summed E-state index contributed by atoms with van der Waals surface area (Å²) in [5.74, 6) is 1.24. The van der Waals surface area contributed by atoms with Crippen LogP contribution in [0.4, 0.5) is 0 Å². The Hall–Kier alpha value is -1.31. The number of ketones is 1. The summed E-state index contributed by atoms with van der Waals surface area (Å²) < 4.78 is 5.64. The lowest BCUT2D eigenvalue weighted by molar-refractivity contribution is -0.117. The number of benzene rings is 1. The molecule has 0 aliphatic carbocycles. The van der Waals surface area contributed by atoms with Gasteiger partial charge in [-0.25, -0.2) is 0 Å². The first kappa shape index (κ1) is 14.7. The number of carbonyl (C=O) groups is 1. The van der Waals surface area contributed by atoms with E-state index in [4.69, 9.17) is 4.74 Å². The van der Waals surface area contributed by atoms with Gasteiger partial charge >= 0.3 is 0 Å². The Morgan fingerprint density at radius 3 is 2.61 bits per heavy atom. The monoisotopic (exact) mass is 248 g/mol. The number of aryl methyl sites for hydroxylation is 2. The quantitative estimate of drug-likeness (QED) is 0.696. The molecule has 100 valence electrons. The summed E-state index contributed by atoms with van der Waals surface area (Å²) in [5.41, 5.74) is 2.69. The van der Waals surface area contributed by atoms with Crippen molar-refractivity contribution in [3.63, 3.8) is 0 Å². The Bertz CT molecular complexity index is 383. The third-order valence-corrected chi connectivity index (χ3v) is 3.01. The molecule has 0 atom stereocenters. The van der Waals surface area contributed by atoms with Gasteiger partial charge in [-0.05, 0) is 55.9 Å². The van der Waals surface area contributed by atoms with Gasteiger partial charge in [-0.1, -0.05) is 19.9 Å². The van der Waals surface area contributed by atoms with Crippen LogP contribution in [0.1, 0.15) is 51.2 Å². The van der Waals surface area contributed by atoms with E-state index in [1.807, 2.05) is 6.07 Å². The molecule has 1 aromatic rings. The highest BCUT2D eigenvalue weighted by Gasteiger charge is 2.04. The van der Waals surface area contributed by atoms with Crippen molar-refractivity contribution < 1.29 is 9.53 Å². The summed E-state index contributed by atoms with van der Waals surface area (Å²) in [7, 11) is 0. The van der Waals surface area contributed by atoms with Gasteiger partial charge in [0.1, 0.15) is 11.5 Å². The van der Waals surface area contributed by atoms with Gasteiger partial charge in [0.15, 0.2) is 0 Å². The molecule has 0 N–H and O–H groups in total. The second kappa shape index (κ2) is 7.91. The van der Waals surface area contributed by atoms with Gasteiger partial charge < -0.3 is 9.53 Å². The Labute approximate surface area is 110 Å². The molecule has 2 heteroatoms. The highest BCUT2D eigenvalue weighted by atomic mass is 16.5. The number of Topliss-reactive ketones (excluding diaryl/α,β-unsaturated/α-hetero) is 1. The van der Waals surface area contributed by atoms with E-state index >= 15 is 0 Å². The number of hydrogen-bond donors (Lipinski definition) is 0. The van der Waals surface area contributed by atoms with Crippen LogP contribution in [0.3, 0.4) is 0 Å². The molecular formula is C16H24O2. The largest absolute Gasteiger partial charge is 0.494 e. The van der Waals surface area contributed by atoms with Crippen molar-refractivity contribution in [1.82, 2.24) is 0 Å². The Balaban J connectivity index is 2.64. The minimum atomic E-state index is 0.274. The summed E-state index contributed by atoms with van der Waals surface area (Å²) in [5, 5.41) is 0. The van der Waals surface area contributed by atoms with Crippen LogP contribution in [0, 0.1) is 0 Å². The minimum Gasteiger partial charge on any atom is -0.494 e. The standard InChI is InChI=1S/C16H24O2/c1-4-11-18-16-10-9-15(14(5-2)12-16)8-6-7-13(3)17/h9-10,12H,4-8,11H2,1-3H3. The SMILES string of the molecule is CCCOc1ccc(CCCC(C)=O)c(CC)c1. The van der Waals surface area contributed by atoms with E-state index in [2.05, 4.69) is 26.0 Å². The molecule has 0 spiro atoms. The van der Waals surface area contributed by atoms with Crippen molar-refractivity contribution in [2.75, 3.05) is 6.61 Å². The highest BCUT2D eigenvalue weighted by Crippen LogP contribution is 2.20. The van der Waals surface area contributed by atoms with Crippen molar-refractivity contribution in [1.29, 1.82) is 0 Å². The summed E-state index contributed by atoms with van der Waals surface area (Å²) in [4.78, 5) is 10.9. The van der Waals surface area contributed by atoms with E-state index < -0.39 is 0 Å². The third-order valence-electron chi connectivity index (χ3n) is 3.01. The zero-order chi connectivity index (χ0) is 13.4. The molecule has 0 saturated carbocycles. The summed E-state index contributed by atoms with van der Waals surface area (Å²) in [6.07, 6.45) is 4.64. The fourth-order valence-corrected chi connectivity index (χ4v) is 2.01. The van der Waals surface area contributed by atoms with E-state index in [1.54, 1.807) is 6.92 Å². The van der Waals surface area contributed by atoms with Gasteiger partial charge in [-0.2, -0.15) is 0 Å². The zero-order valence-electron chi connectivity index (χ0n) is 11.8. The topological polar surface area (TPSA) is 26.3 Å². The molecule has 0 fully saturated rings. The van der Waals surface area contributed by atoms with Crippen LogP contribution in [0.25, 0.3) is 0 Å². The number of hydrogen-bond acceptors (Lipinski definition) is 2. The average Bonchev–Trinajstić information content (AvgIpc) is 2.36. The predicted molar refractivity (Wildman–Crippen MR) is 75.2 cm³/mol. The van der Waals surface area contributed by atoms with Gasteiger partial charge in [0.2, 0.25) is 0 Å². The number of rotatable bonds is 8. The highest BCUT2D eigenvalue weighted by molar-refractivity contribution is 5.75. The smallest absolute Gasteiger partial charge is 0.129 e. The van der Waals surface area contributed by atoms with Gasteiger partial charge in [0.05, 0.1) is 6.61 Å². The predicted octanol–water partition coefficient (Wildman–Crippen LogP) is 3.95. The molecule has 0 amide bonds. The maximum atomic E-state index is 10.9. The van der Waals surface area contributed by atoms with Crippen molar-refractivity contribution in [3.8, 4) is 5.75 Å². The van der Waals surface area contributed by atoms with Crippen molar-refractivity contribution in [2.45, 2.75) is 52.9 Å². The first-order valence-electron chi connectivity index (χ1n) is 6.91.